The van der Waals surface area contributed by atoms with Gasteiger partial charge in [-0.15, -0.1) is 0 Å². The summed E-state index contributed by atoms with van der Waals surface area (Å²) in [5, 5.41) is 9.98. The lowest BCUT2D eigenvalue weighted by atomic mass is 9.80. The Morgan fingerprint density at radius 3 is 2.28 bits per heavy atom. The summed E-state index contributed by atoms with van der Waals surface area (Å²) in [6.07, 6.45) is 12.8. The van der Waals surface area contributed by atoms with Gasteiger partial charge in [-0.05, 0) is 42.2 Å². The zero-order chi connectivity index (χ0) is 39.4. The summed E-state index contributed by atoms with van der Waals surface area (Å²) >= 11 is 0. The monoisotopic (exact) mass is 759 g/mol. The van der Waals surface area contributed by atoms with Gasteiger partial charge in [0.2, 0.25) is 17.7 Å². The van der Waals surface area contributed by atoms with Crippen LogP contribution in [0.5, 0.6) is 0 Å². The Labute approximate surface area is 318 Å². The molecular weight excluding hydrogens is 707 g/mol. The van der Waals surface area contributed by atoms with Crippen LogP contribution in [0, 0.1) is 0 Å². The summed E-state index contributed by atoms with van der Waals surface area (Å²) in [5.74, 6) is -4.30. The molecule has 290 valence electrons. The minimum absolute atomic E-state index is 0.00500. The fourth-order valence-electron chi connectivity index (χ4n) is 7.98. The lowest BCUT2D eigenvalue weighted by Gasteiger charge is -2.29. The molecule has 3 atom stereocenters. The Balaban J connectivity index is 1.10. The van der Waals surface area contributed by atoms with Gasteiger partial charge in [0, 0.05) is 61.0 Å². The van der Waals surface area contributed by atoms with Crippen molar-refractivity contribution in [3.63, 3.8) is 0 Å². The maximum absolute atomic E-state index is 12.7. The predicted molar refractivity (Wildman–Crippen MR) is 211 cm³/mol. The number of carbonyl (C=O) groups is 4. The number of fused-ring (bicyclic) bond motifs is 2. The van der Waals surface area contributed by atoms with Crippen LogP contribution in [0.3, 0.4) is 0 Å². The number of amides is 3. The lowest BCUT2D eigenvalue weighted by Crippen LogP contribution is -2.44. The predicted octanol–water partition coefficient (Wildman–Crippen LogP) is 4.21. The van der Waals surface area contributed by atoms with Gasteiger partial charge in [-0.1, -0.05) is 94.8 Å². The summed E-state index contributed by atoms with van der Waals surface area (Å²) in [5.41, 5.74) is 11.5. The summed E-state index contributed by atoms with van der Waals surface area (Å²) in [7, 11) is -2.10. The SMILES string of the molecule is CN1c2ccccc2C(C)(C)C1C=CC=CC=C1N(CCCCCC(=O)NCCN2C(=O)CC(S(=O)(=O)CC(N)C(=O)O)C2=O)c2ccccc2C1(C)C. The van der Waals surface area contributed by atoms with Crippen LogP contribution in [0.15, 0.2) is 84.6 Å². The third-order valence-electron chi connectivity index (χ3n) is 11.0. The number of imide groups is 1. The van der Waals surface area contributed by atoms with Gasteiger partial charge in [0.1, 0.15) is 11.3 Å². The number of likely N-dealkylation sites (tertiary alicyclic amines) is 1. The second-order valence-electron chi connectivity index (χ2n) is 15.4. The molecule has 54 heavy (non-hydrogen) atoms. The van der Waals surface area contributed by atoms with E-state index < -0.39 is 51.1 Å². The normalized spacial score (nSPS) is 21.7. The zero-order valence-corrected chi connectivity index (χ0v) is 32.6. The molecule has 3 aliphatic heterocycles. The first kappa shape index (κ1) is 40.4. The second kappa shape index (κ2) is 16.3. The van der Waals surface area contributed by atoms with Crippen LogP contribution >= 0.6 is 0 Å². The van der Waals surface area contributed by atoms with E-state index >= 15 is 0 Å². The van der Waals surface area contributed by atoms with Crippen LogP contribution in [-0.4, -0.2) is 91.9 Å². The molecule has 5 rings (SSSR count). The number of likely N-dealkylation sites (N-methyl/N-ethyl adjacent to an activating group) is 1. The van der Waals surface area contributed by atoms with Gasteiger partial charge >= 0.3 is 5.97 Å². The van der Waals surface area contributed by atoms with Crippen molar-refractivity contribution in [2.45, 2.75) is 88.0 Å². The fourth-order valence-corrected chi connectivity index (χ4v) is 9.69. The molecule has 3 unspecified atom stereocenters. The smallest absolute Gasteiger partial charge is 0.321 e. The number of sulfone groups is 1. The number of nitrogens with zero attached hydrogens (tertiary/aromatic N) is 3. The zero-order valence-electron chi connectivity index (χ0n) is 31.8. The highest BCUT2D eigenvalue weighted by molar-refractivity contribution is 7.92. The van der Waals surface area contributed by atoms with Crippen molar-refractivity contribution in [1.82, 2.24) is 10.2 Å². The Morgan fingerprint density at radius 2 is 1.59 bits per heavy atom. The van der Waals surface area contributed by atoms with Gasteiger partial charge in [0.05, 0.1) is 18.2 Å². The molecule has 0 bridgehead atoms. The number of carbonyl (C=O) groups excluding carboxylic acids is 3. The second-order valence-corrected chi connectivity index (χ2v) is 17.6. The molecule has 3 heterocycles. The number of aliphatic carboxylic acids is 1. The number of anilines is 2. The highest BCUT2D eigenvalue weighted by Gasteiger charge is 2.47. The minimum Gasteiger partial charge on any atom is -0.480 e. The number of para-hydroxylation sites is 2. The molecule has 0 saturated carbocycles. The molecule has 3 aliphatic rings. The molecule has 1 saturated heterocycles. The van der Waals surface area contributed by atoms with Gasteiger partial charge in [0.25, 0.3) is 0 Å². The Hall–Kier alpha value is -4.75. The molecule has 4 N–H and O–H groups in total. The number of carboxylic acid groups (broad SMARTS) is 1. The number of rotatable bonds is 16. The Morgan fingerprint density at radius 1 is 0.926 bits per heavy atom. The number of hydrogen-bond acceptors (Lipinski definition) is 9. The number of hydrogen-bond donors (Lipinski definition) is 3. The van der Waals surface area contributed by atoms with E-state index in [0.717, 1.165) is 24.3 Å². The number of nitrogens with two attached hydrogens (primary N) is 1. The van der Waals surface area contributed by atoms with Crippen molar-refractivity contribution in [2.24, 2.45) is 5.73 Å². The molecule has 2 aromatic rings. The highest BCUT2D eigenvalue weighted by atomic mass is 32.2. The van der Waals surface area contributed by atoms with Crippen LogP contribution in [0.1, 0.15) is 70.9 Å². The standard InChI is InChI=1S/C41H53N5O7S/c1-40(2)28-16-11-13-18-31(28)44(5)34(40)20-8-6-9-21-35-41(3,4)29-17-12-14-19-32(29)45(35)24-15-7-10-22-36(47)43-23-25-46-37(48)26-33(38(46)49)54(52,53)27-30(42)39(50)51/h6,8-9,11-14,16-21,30,33-34H,7,10,15,22-27,42H2,1-5H3,(H,43,47)(H,50,51). The third-order valence-corrected chi connectivity index (χ3v) is 13.1. The molecule has 2 aromatic carbocycles. The van der Waals surface area contributed by atoms with Crippen molar-refractivity contribution in [3.8, 4) is 0 Å². The first-order valence-corrected chi connectivity index (χ1v) is 20.3. The molecular formula is C41H53N5O7S. The van der Waals surface area contributed by atoms with Gasteiger partial charge in [-0.3, -0.25) is 24.1 Å². The third kappa shape index (κ3) is 8.32. The van der Waals surface area contributed by atoms with Crippen molar-refractivity contribution >= 4 is 44.9 Å². The maximum atomic E-state index is 12.7. The average molecular weight is 760 g/mol. The van der Waals surface area contributed by atoms with E-state index in [2.05, 4.69) is 129 Å². The summed E-state index contributed by atoms with van der Waals surface area (Å²) in [6, 6.07) is 15.6. The summed E-state index contributed by atoms with van der Waals surface area (Å²) in [4.78, 5) is 54.2. The van der Waals surface area contributed by atoms with E-state index in [1.54, 1.807) is 0 Å². The van der Waals surface area contributed by atoms with Crippen LogP contribution in [0.2, 0.25) is 0 Å². The van der Waals surface area contributed by atoms with E-state index in [9.17, 15) is 27.6 Å². The number of unbranched alkanes of at least 4 members (excludes halogenated alkanes) is 2. The number of carboxylic acids is 1. The van der Waals surface area contributed by atoms with Crippen molar-refractivity contribution < 1.29 is 32.7 Å². The molecule has 0 radical (unpaired) electrons. The van der Waals surface area contributed by atoms with E-state index in [1.165, 1.54) is 28.2 Å². The molecule has 1 fully saturated rings. The fraction of sp³-hybridized carbons (Fsp3) is 0.463. The number of nitrogens with one attached hydrogen (secondary N) is 1. The molecule has 0 aliphatic carbocycles. The van der Waals surface area contributed by atoms with Crippen molar-refractivity contribution in [2.75, 3.05) is 42.2 Å². The van der Waals surface area contributed by atoms with E-state index in [0.29, 0.717) is 6.42 Å². The quantitative estimate of drug-likeness (QED) is 0.128. The number of benzene rings is 2. The van der Waals surface area contributed by atoms with Crippen LogP contribution in [0.4, 0.5) is 11.4 Å². The molecule has 0 aromatic heterocycles. The maximum Gasteiger partial charge on any atom is 0.321 e. The lowest BCUT2D eigenvalue weighted by molar-refractivity contribution is -0.139. The summed E-state index contributed by atoms with van der Waals surface area (Å²) < 4.78 is 25.1. The van der Waals surface area contributed by atoms with Gasteiger partial charge in [0.15, 0.2) is 9.84 Å². The van der Waals surface area contributed by atoms with Crippen LogP contribution in [0.25, 0.3) is 0 Å². The van der Waals surface area contributed by atoms with Crippen molar-refractivity contribution in [3.05, 3.63) is 95.7 Å². The molecule has 3 amide bonds. The topological polar surface area (TPSA) is 170 Å². The number of allylic oxidation sites excluding steroid dienone is 5. The molecule has 0 spiro atoms. The highest BCUT2D eigenvalue weighted by Crippen LogP contribution is 2.48. The average Bonchev–Trinajstić information content (AvgIpc) is 3.61. The van der Waals surface area contributed by atoms with Gasteiger partial charge < -0.3 is 26.0 Å². The largest absolute Gasteiger partial charge is 0.480 e. The first-order chi connectivity index (χ1) is 25.5. The Kier molecular flexibility index (Phi) is 12.2. The van der Waals surface area contributed by atoms with Crippen molar-refractivity contribution in [1.29, 1.82) is 0 Å². The van der Waals surface area contributed by atoms with E-state index in [1.807, 2.05) is 0 Å². The first-order valence-electron chi connectivity index (χ1n) is 18.5. The van der Waals surface area contributed by atoms with E-state index in [4.69, 9.17) is 10.8 Å². The minimum atomic E-state index is -4.25. The van der Waals surface area contributed by atoms with Gasteiger partial charge in [-0.2, -0.15) is 0 Å². The van der Waals surface area contributed by atoms with Crippen LogP contribution in [-0.2, 0) is 39.8 Å². The van der Waals surface area contributed by atoms with Gasteiger partial charge in [-0.25, -0.2) is 8.42 Å². The summed E-state index contributed by atoms with van der Waals surface area (Å²) in [6.45, 7) is 9.68. The molecule has 13 heteroatoms. The Bertz CT molecular complexity index is 1970. The van der Waals surface area contributed by atoms with Crippen LogP contribution < -0.4 is 20.9 Å². The van der Waals surface area contributed by atoms with E-state index in [-0.39, 0.29) is 42.3 Å². The molecule has 12 nitrogen and oxygen atoms in total.